The summed E-state index contributed by atoms with van der Waals surface area (Å²) in [6, 6.07) is 13.9. The molecule has 1 aromatic carbocycles. The van der Waals surface area contributed by atoms with Crippen LogP contribution in [0.15, 0.2) is 54.9 Å². The van der Waals surface area contributed by atoms with Crippen LogP contribution in [0.2, 0.25) is 0 Å². The predicted octanol–water partition coefficient (Wildman–Crippen LogP) is 2.59. The van der Waals surface area contributed by atoms with Crippen molar-refractivity contribution < 1.29 is 0 Å². The number of nitrogens with zero attached hydrogens (tertiary/aromatic N) is 1. The van der Waals surface area contributed by atoms with Crippen molar-refractivity contribution in [2.75, 3.05) is 0 Å². The fourth-order valence-electron chi connectivity index (χ4n) is 1.36. The Morgan fingerprint density at radius 1 is 0.933 bits per heavy atom. The van der Waals surface area contributed by atoms with E-state index in [-0.39, 0.29) is 17.0 Å². The van der Waals surface area contributed by atoms with Crippen LogP contribution in [0.1, 0.15) is 5.56 Å². The molecule has 0 aliphatic carbocycles. The highest BCUT2D eigenvalue weighted by atomic mass is 79.9. The van der Waals surface area contributed by atoms with Gasteiger partial charge >= 0.3 is 0 Å². The van der Waals surface area contributed by atoms with E-state index in [0.717, 1.165) is 6.54 Å². The third kappa shape index (κ3) is 3.36. The van der Waals surface area contributed by atoms with Gasteiger partial charge < -0.3 is 9.98 Å². The highest BCUT2D eigenvalue weighted by Crippen LogP contribution is 2.00. The lowest BCUT2D eigenvalue weighted by Crippen LogP contribution is -2.04. The first-order valence-corrected chi connectivity index (χ1v) is 4.59. The smallest absolute Gasteiger partial charge is 0.0568 e. The van der Waals surface area contributed by atoms with Gasteiger partial charge in [0.1, 0.15) is 0 Å². The van der Waals surface area contributed by atoms with E-state index in [1.807, 2.05) is 30.6 Å². The van der Waals surface area contributed by atoms with Gasteiger partial charge in [0.15, 0.2) is 0 Å². The molecular formula is C12H13BrN2. The molecule has 2 nitrogen and oxygen atoms in total. The van der Waals surface area contributed by atoms with Crippen molar-refractivity contribution in [3.63, 3.8) is 0 Å². The second-order valence-corrected chi connectivity index (χ2v) is 3.24. The molecule has 1 heterocycles. The Morgan fingerprint density at radius 3 is 2.13 bits per heavy atom. The van der Waals surface area contributed by atoms with Gasteiger partial charge in [-0.05, 0) is 17.7 Å². The van der Waals surface area contributed by atoms with Gasteiger partial charge in [0, 0.05) is 18.9 Å². The van der Waals surface area contributed by atoms with Crippen molar-refractivity contribution >= 4 is 17.0 Å². The maximum Gasteiger partial charge on any atom is 0.0568 e. The van der Waals surface area contributed by atoms with E-state index >= 15 is 0 Å². The molecule has 3 heteroatoms. The summed E-state index contributed by atoms with van der Waals surface area (Å²) < 4.78 is 2.06. The Balaban J connectivity index is 0.00000112. The molecule has 15 heavy (non-hydrogen) atoms. The number of pyridine rings is 1. The van der Waals surface area contributed by atoms with E-state index in [1.165, 1.54) is 5.56 Å². The summed E-state index contributed by atoms with van der Waals surface area (Å²) in [5, 5.41) is 7.91. The van der Waals surface area contributed by atoms with Crippen molar-refractivity contribution in [1.29, 1.82) is 5.41 Å². The highest BCUT2D eigenvalue weighted by Gasteiger charge is 1.90. The average Bonchev–Trinajstić information content (AvgIpc) is 2.23. The molecule has 0 atom stereocenters. The lowest BCUT2D eigenvalue weighted by molar-refractivity contribution is 0.786. The molecule has 0 saturated heterocycles. The van der Waals surface area contributed by atoms with E-state index < -0.39 is 0 Å². The van der Waals surface area contributed by atoms with Crippen LogP contribution < -0.4 is 5.36 Å². The van der Waals surface area contributed by atoms with Gasteiger partial charge in [0.25, 0.3) is 0 Å². The van der Waals surface area contributed by atoms with Crippen LogP contribution in [0.25, 0.3) is 0 Å². The molecule has 0 spiro atoms. The quantitative estimate of drug-likeness (QED) is 0.864. The summed E-state index contributed by atoms with van der Waals surface area (Å²) in [4.78, 5) is 0. The summed E-state index contributed by atoms with van der Waals surface area (Å²) in [5.74, 6) is 0. The Kier molecular flexibility index (Phi) is 4.31. The number of rotatable bonds is 2. The van der Waals surface area contributed by atoms with E-state index in [2.05, 4.69) is 16.7 Å². The van der Waals surface area contributed by atoms with Crippen LogP contribution in [-0.4, -0.2) is 4.57 Å². The second-order valence-electron chi connectivity index (χ2n) is 3.24. The van der Waals surface area contributed by atoms with Crippen LogP contribution in [-0.2, 0) is 6.54 Å². The molecular weight excluding hydrogens is 252 g/mol. The first-order valence-electron chi connectivity index (χ1n) is 4.59. The summed E-state index contributed by atoms with van der Waals surface area (Å²) >= 11 is 0. The molecule has 0 fully saturated rings. The fourth-order valence-corrected chi connectivity index (χ4v) is 1.36. The highest BCUT2D eigenvalue weighted by molar-refractivity contribution is 8.93. The van der Waals surface area contributed by atoms with Crippen molar-refractivity contribution in [2.45, 2.75) is 6.54 Å². The Hall–Kier alpha value is -1.35. The topological polar surface area (TPSA) is 28.8 Å². The molecule has 0 aliphatic heterocycles. The monoisotopic (exact) mass is 264 g/mol. The third-order valence-electron chi connectivity index (χ3n) is 2.10. The molecule has 2 rings (SSSR count). The maximum atomic E-state index is 7.36. The second kappa shape index (κ2) is 5.51. The van der Waals surface area contributed by atoms with Crippen molar-refractivity contribution in [2.24, 2.45) is 0 Å². The average molecular weight is 265 g/mol. The third-order valence-corrected chi connectivity index (χ3v) is 2.10. The van der Waals surface area contributed by atoms with Crippen LogP contribution >= 0.6 is 17.0 Å². The van der Waals surface area contributed by atoms with E-state index in [4.69, 9.17) is 5.41 Å². The SMILES string of the molecule is Br.N=c1ccn(Cc2ccccc2)cc1. The predicted molar refractivity (Wildman–Crippen MR) is 66.2 cm³/mol. The first kappa shape index (κ1) is 11.7. The molecule has 0 saturated carbocycles. The zero-order chi connectivity index (χ0) is 9.80. The van der Waals surface area contributed by atoms with Crippen molar-refractivity contribution in [3.05, 3.63) is 65.8 Å². The summed E-state index contributed by atoms with van der Waals surface area (Å²) in [5.41, 5.74) is 1.27. The van der Waals surface area contributed by atoms with Crippen molar-refractivity contribution in [1.82, 2.24) is 4.57 Å². The number of nitrogens with one attached hydrogen (secondary N) is 1. The van der Waals surface area contributed by atoms with Gasteiger partial charge in [-0.3, -0.25) is 0 Å². The van der Waals surface area contributed by atoms with Gasteiger partial charge in [-0.15, -0.1) is 17.0 Å². The number of halogens is 1. The van der Waals surface area contributed by atoms with Gasteiger partial charge in [-0.25, -0.2) is 0 Å². The van der Waals surface area contributed by atoms with Gasteiger partial charge in [0.2, 0.25) is 0 Å². The molecule has 78 valence electrons. The number of aromatic nitrogens is 1. The first-order chi connectivity index (χ1) is 6.84. The maximum absolute atomic E-state index is 7.36. The summed E-state index contributed by atoms with van der Waals surface area (Å²) in [6.07, 6.45) is 3.85. The molecule has 1 aromatic heterocycles. The minimum absolute atomic E-state index is 0. The molecule has 0 unspecified atom stereocenters. The zero-order valence-electron chi connectivity index (χ0n) is 8.26. The van der Waals surface area contributed by atoms with Gasteiger partial charge in [-0.1, -0.05) is 30.3 Å². The Labute approximate surface area is 99.5 Å². The minimum Gasteiger partial charge on any atom is -0.350 e. The molecule has 0 radical (unpaired) electrons. The standard InChI is InChI=1S/C12H12N2.BrH/c13-12-6-8-14(9-7-12)10-11-4-2-1-3-5-11;/h1-9,13H,10H2;1H. The van der Waals surface area contributed by atoms with Crippen LogP contribution in [0, 0.1) is 5.41 Å². The summed E-state index contributed by atoms with van der Waals surface area (Å²) in [7, 11) is 0. The molecule has 0 aliphatic rings. The molecule has 0 amide bonds. The molecule has 2 aromatic rings. The minimum atomic E-state index is 0. The van der Waals surface area contributed by atoms with E-state index in [0.29, 0.717) is 5.36 Å². The number of benzene rings is 1. The Morgan fingerprint density at radius 2 is 1.53 bits per heavy atom. The fraction of sp³-hybridized carbons (Fsp3) is 0.0833. The zero-order valence-corrected chi connectivity index (χ0v) is 9.97. The Bertz CT molecular complexity index is 442. The van der Waals surface area contributed by atoms with Gasteiger partial charge in [0.05, 0.1) is 5.36 Å². The van der Waals surface area contributed by atoms with Crippen LogP contribution in [0.4, 0.5) is 0 Å². The van der Waals surface area contributed by atoms with E-state index in [1.54, 1.807) is 12.1 Å². The molecule has 1 N–H and O–H groups in total. The van der Waals surface area contributed by atoms with Crippen LogP contribution in [0.5, 0.6) is 0 Å². The lowest BCUT2D eigenvalue weighted by atomic mass is 10.2. The van der Waals surface area contributed by atoms with Crippen molar-refractivity contribution in [3.8, 4) is 0 Å². The molecule has 0 bridgehead atoms. The lowest BCUT2D eigenvalue weighted by Gasteiger charge is -2.05. The normalized spacial score (nSPS) is 9.33. The van der Waals surface area contributed by atoms with E-state index in [9.17, 15) is 0 Å². The summed E-state index contributed by atoms with van der Waals surface area (Å²) in [6.45, 7) is 0.862. The van der Waals surface area contributed by atoms with Gasteiger partial charge in [-0.2, -0.15) is 0 Å². The number of hydrogen-bond acceptors (Lipinski definition) is 1. The number of hydrogen-bond donors (Lipinski definition) is 1. The largest absolute Gasteiger partial charge is 0.350 e. The van der Waals surface area contributed by atoms with Crippen LogP contribution in [0.3, 0.4) is 0 Å².